The van der Waals surface area contributed by atoms with Crippen molar-refractivity contribution in [2.24, 2.45) is 5.73 Å². The monoisotopic (exact) mass is 253 g/mol. The average molecular weight is 253 g/mol. The van der Waals surface area contributed by atoms with Crippen molar-refractivity contribution in [1.82, 2.24) is 0 Å². The first-order valence-electron chi connectivity index (χ1n) is 6.24. The molecule has 1 aliphatic heterocycles. The van der Waals surface area contributed by atoms with Crippen LogP contribution in [0.1, 0.15) is 0 Å². The zero-order valence-corrected chi connectivity index (χ0v) is 10.4. The maximum Gasteiger partial charge on any atom is 0.243 e. The lowest BCUT2D eigenvalue weighted by Crippen LogP contribution is -2.41. The molecule has 1 aliphatic rings. The third kappa shape index (κ3) is 2.18. The lowest BCUT2D eigenvalue weighted by atomic mass is 10.2. The molecule has 0 saturated carbocycles. The zero-order valence-electron chi connectivity index (χ0n) is 10.4. The number of carbonyl (C=O) groups is 1. The van der Waals surface area contributed by atoms with Crippen LogP contribution < -0.4 is 16.0 Å². The number of amides is 1. The summed E-state index contributed by atoms with van der Waals surface area (Å²) in [6.07, 6.45) is 0. The van der Waals surface area contributed by atoms with Gasteiger partial charge in [0.25, 0.3) is 0 Å². The van der Waals surface area contributed by atoms with Gasteiger partial charge < -0.3 is 16.0 Å². The quantitative estimate of drug-likeness (QED) is 0.818. The molecule has 1 atom stereocenters. The highest BCUT2D eigenvalue weighted by Crippen LogP contribution is 2.33. The normalized spacial score (nSPS) is 18.5. The first kappa shape index (κ1) is 11.7. The summed E-state index contributed by atoms with van der Waals surface area (Å²) in [6.45, 7) is 0.465. The molecule has 3 rings (SSSR count). The van der Waals surface area contributed by atoms with Crippen LogP contribution in [0.5, 0.6) is 0 Å². The van der Waals surface area contributed by atoms with E-state index in [0.717, 1.165) is 17.1 Å². The van der Waals surface area contributed by atoms with Crippen molar-refractivity contribution in [3.63, 3.8) is 0 Å². The van der Waals surface area contributed by atoms with Crippen LogP contribution in [0.2, 0.25) is 0 Å². The Kier molecular flexibility index (Phi) is 2.93. The third-order valence-electron chi connectivity index (χ3n) is 3.24. The Morgan fingerprint density at radius 2 is 1.74 bits per heavy atom. The van der Waals surface area contributed by atoms with Gasteiger partial charge in [-0.3, -0.25) is 4.79 Å². The molecule has 0 bridgehead atoms. The minimum absolute atomic E-state index is 0.147. The number of hydrogen-bond acceptors (Lipinski definition) is 3. The van der Waals surface area contributed by atoms with E-state index in [0.29, 0.717) is 6.54 Å². The summed E-state index contributed by atoms with van der Waals surface area (Å²) in [6, 6.07) is 17.1. The Labute approximate surface area is 111 Å². The number of nitrogens with zero attached hydrogens (tertiary/aromatic N) is 1. The Hall–Kier alpha value is -2.33. The predicted octanol–water partition coefficient (Wildman–Crippen LogP) is 2.10. The molecule has 0 unspecified atom stereocenters. The second-order valence-corrected chi connectivity index (χ2v) is 4.56. The van der Waals surface area contributed by atoms with Gasteiger partial charge in [-0.1, -0.05) is 30.3 Å². The molecule has 2 aromatic carbocycles. The van der Waals surface area contributed by atoms with E-state index in [1.807, 2.05) is 54.6 Å². The SMILES string of the molecule is N[C@H]1CN(c2ccccc2)c2ccccc2NC1=O. The molecule has 0 saturated heterocycles. The van der Waals surface area contributed by atoms with Crippen LogP contribution in [0.3, 0.4) is 0 Å². The number of nitrogens with one attached hydrogen (secondary N) is 1. The van der Waals surface area contributed by atoms with E-state index in [2.05, 4.69) is 10.2 Å². The van der Waals surface area contributed by atoms with E-state index in [4.69, 9.17) is 5.73 Å². The molecular formula is C15H15N3O. The van der Waals surface area contributed by atoms with E-state index in [1.165, 1.54) is 0 Å². The van der Waals surface area contributed by atoms with Crippen molar-refractivity contribution in [3.05, 3.63) is 54.6 Å². The molecule has 2 aromatic rings. The second-order valence-electron chi connectivity index (χ2n) is 4.56. The maximum atomic E-state index is 11.9. The van der Waals surface area contributed by atoms with Crippen LogP contribution in [0.25, 0.3) is 0 Å². The standard InChI is InChI=1S/C15H15N3O/c16-12-10-18(11-6-2-1-3-7-11)14-9-5-4-8-13(14)17-15(12)19/h1-9,12H,10,16H2,(H,17,19)/t12-/m0/s1. The fourth-order valence-corrected chi connectivity index (χ4v) is 2.27. The number of para-hydroxylation sites is 3. The molecule has 0 spiro atoms. The minimum atomic E-state index is -0.549. The van der Waals surface area contributed by atoms with Crippen molar-refractivity contribution in [2.75, 3.05) is 16.8 Å². The minimum Gasteiger partial charge on any atom is -0.338 e. The van der Waals surface area contributed by atoms with Gasteiger partial charge in [-0.15, -0.1) is 0 Å². The largest absolute Gasteiger partial charge is 0.338 e. The average Bonchev–Trinajstić information content (AvgIpc) is 2.58. The summed E-state index contributed by atoms with van der Waals surface area (Å²) in [4.78, 5) is 14.0. The van der Waals surface area contributed by atoms with Gasteiger partial charge in [-0.05, 0) is 24.3 Å². The van der Waals surface area contributed by atoms with Crippen LogP contribution in [0.4, 0.5) is 17.1 Å². The van der Waals surface area contributed by atoms with Crippen LogP contribution in [-0.4, -0.2) is 18.5 Å². The topological polar surface area (TPSA) is 58.4 Å². The predicted molar refractivity (Wildman–Crippen MR) is 76.5 cm³/mol. The number of hydrogen-bond donors (Lipinski definition) is 2. The van der Waals surface area contributed by atoms with E-state index in [1.54, 1.807) is 0 Å². The molecule has 3 N–H and O–H groups in total. The summed E-state index contributed by atoms with van der Waals surface area (Å²) < 4.78 is 0. The highest BCUT2D eigenvalue weighted by Gasteiger charge is 2.25. The van der Waals surface area contributed by atoms with E-state index in [9.17, 15) is 4.79 Å². The van der Waals surface area contributed by atoms with Crippen molar-refractivity contribution < 1.29 is 4.79 Å². The Morgan fingerprint density at radius 3 is 2.53 bits per heavy atom. The van der Waals surface area contributed by atoms with Crippen LogP contribution in [-0.2, 0) is 4.79 Å². The molecule has 96 valence electrons. The molecular weight excluding hydrogens is 238 g/mol. The molecule has 0 radical (unpaired) electrons. The van der Waals surface area contributed by atoms with E-state index >= 15 is 0 Å². The fourth-order valence-electron chi connectivity index (χ4n) is 2.27. The highest BCUT2D eigenvalue weighted by molar-refractivity contribution is 6.00. The molecule has 4 heteroatoms. The summed E-state index contributed by atoms with van der Waals surface area (Å²) >= 11 is 0. The Morgan fingerprint density at radius 1 is 1.05 bits per heavy atom. The van der Waals surface area contributed by atoms with Crippen LogP contribution in [0.15, 0.2) is 54.6 Å². The Bertz CT molecular complexity index is 597. The summed E-state index contributed by atoms with van der Waals surface area (Å²) in [5.41, 5.74) is 8.72. The summed E-state index contributed by atoms with van der Waals surface area (Å²) in [7, 11) is 0. The van der Waals surface area contributed by atoms with Crippen molar-refractivity contribution in [2.45, 2.75) is 6.04 Å². The molecule has 0 aromatic heterocycles. The maximum absolute atomic E-state index is 11.9. The van der Waals surface area contributed by atoms with E-state index < -0.39 is 6.04 Å². The van der Waals surface area contributed by atoms with Crippen molar-refractivity contribution in [3.8, 4) is 0 Å². The summed E-state index contributed by atoms with van der Waals surface area (Å²) in [5, 5.41) is 2.87. The highest BCUT2D eigenvalue weighted by atomic mass is 16.2. The number of fused-ring (bicyclic) bond motifs is 1. The smallest absolute Gasteiger partial charge is 0.243 e. The van der Waals surface area contributed by atoms with Gasteiger partial charge in [0.1, 0.15) is 6.04 Å². The second kappa shape index (κ2) is 4.74. The van der Waals surface area contributed by atoms with Gasteiger partial charge in [-0.2, -0.15) is 0 Å². The lowest BCUT2D eigenvalue weighted by molar-refractivity contribution is -0.117. The first-order valence-corrected chi connectivity index (χ1v) is 6.24. The molecule has 0 fully saturated rings. The first-order chi connectivity index (χ1) is 9.25. The molecule has 1 heterocycles. The number of carbonyl (C=O) groups excluding carboxylic acids is 1. The van der Waals surface area contributed by atoms with Gasteiger partial charge >= 0.3 is 0 Å². The molecule has 1 amide bonds. The zero-order chi connectivity index (χ0) is 13.2. The third-order valence-corrected chi connectivity index (χ3v) is 3.24. The van der Waals surface area contributed by atoms with Gasteiger partial charge in [-0.25, -0.2) is 0 Å². The summed E-state index contributed by atoms with van der Waals surface area (Å²) in [5.74, 6) is -0.147. The number of nitrogens with two attached hydrogens (primary N) is 1. The Balaban J connectivity index is 2.10. The van der Waals surface area contributed by atoms with Gasteiger partial charge in [0.15, 0.2) is 0 Å². The lowest BCUT2D eigenvalue weighted by Gasteiger charge is -2.25. The van der Waals surface area contributed by atoms with Crippen molar-refractivity contribution in [1.29, 1.82) is 0 Å². The molecule has 0 aliphatic carbocycles. The number of rotatable bonds is 1. The van der Waals surface area contributed by atoms with Gasteiger partial charge in [0.2, 0.25) is 5.91 Å². The fraction of sp³-hybridized carbons (Fsp3) is 0.133. The molecule has 19 heavy (non-hydrogen) atoms. The van der Waals surface area contributed by atoms with Gasteiger partial charge in [0, 0.05) is 12.2 Å². The van der Waals surface area contributed by atoms with Gasteiger partial charge in [0.05, 0.1) is 11.4 Å². The van der Waals surface area contributed by atoms with Crippen molar-refractivity contribution >= 4 is 23.0 Å². The van der Waals surface area contributed by atoms with E-state index in [-0.39, 0.29) is 5.91 Å². The van der Waals surface area contributed by atoms with Crippen LogP contribution >= 0.6 is 0 Å². The number of anilines is 3. The van der Waals surface area contributed by atoms with Crippen LogP contribution in [0, 0.1) is 0 Å². The molecule has 4 nitrogen and oxygen atoms in total. The number of benzene rings is 2.